The molecule has 0 atom stereocenters. The van der Waals surface area contributed by atoms with Crippen molar-refractivity contribution < 1.29 is 9.53 Å². The highest BCUT2D eigenvalue weighted by Gasteiger charge is 2.19. The van der Waals surface area contributed by atoms with Crippen molar-refractivity contribution in [1.82, 2.24) is 24.8 Å². The van der Waals surface area contributed by atoms with Crippen LogP contribution in [0, 0.1) is 0 Å². The van der Waals surface area contributed by atoms with Crippen LogP contribution in [0.4, 0.5) is 10.6 Å². The molecule has 0 bridgehead atoms. The van der Waals surface area contributed by atoms with E-state index in [1.165, 1.54) is 17.7 Å². The molecule has 0 saturated carbocycles. The van der Waals surface area contributed by atoms with Gasteiger partial charge in [-0.15, -0.1) is 11.3 Å². The lowest BCUT2D eigenvalue weighted by molar-refractivity contribution is 0.190. The van der Waals surface area contributed by atoms with Gasteiger partial charge in [0, 0.05) is 18.2 Å². The van der Waals surface area contributed by atoms with E-state index in [1.54, 1.807) is 18.5 Å². The smallest absolute Gasteiger partial charge is 0.410 e. The molecule has 0 radical (unpaired) electrons. The van der Waals surface area contributed by atoms with Gasteiger partial charge in [0.15, 0.2) is 0 Å². The molecule has 154 valence electrons. The number of nitrogens with two attached hydrogens (primary N) is 1. The number of benzene rings is 1. The van der Waals surface area contributed by atoms with Gasteiger partial charge in [0.2, 0.25) is 0 Å². The maximum absolute atomic E-state index is 12.1. The van der Waals surface area contributed by atoms with Crippen LogP contribution < -0.4 is 15.8 Å². The van der Waals surface area contributed by atoms with Crippen molar-refractivity contribution >= 4 is 33.5 Å². The van der Waals surface area contributed by atoms with Gasteiger partial charge in [0.1, 0.15) is 22.7 Å². The number of nitrogens with one attached hydrogen (secondary N) is 1. The van der Waals surface area contributed by atoms with E-state index in [0.29, 0.717) is 11.6 Å². The minimum atomic E-state index is -0.501. The number of anilines is 1. The minimum Gasteiger partial charge on any atom is -0.410 e. The molecule has 1 amide bonds. The Morgan fingerprint density at radius 2 is 2.00 bits per heavy atom. The summed E-state index contributed by atoms with van der Waals surface area (Å²) < 4.78 is 7.40. The second-order valence-electron chi connectivity index (χ2n) is 7.93. The van der Waals surface area contributed by atoms with Crippen LogP contribution in [0.5, 0.6) is 5.75 Å². The van der Waals surface area contributed by atoms with Crippen LogP contribution in [-0.4, -0.2) is 31.2 Å². The number of aromatic nitrogens is 4. The fourth-order valence-electron chi connectivity index (χ4n) is 3.07. The molecule has 3 heterocycles. The number of amides is 1. The Hall–Kier alpha value is -3.46. The van der Waals surface area contributed by atoms with Crippen LogP contribution in [0.2, 0.25) is 0 Å². The summed E-state index contributed by atoms with van der Waals surface area (Å²) in [6.07, 6.45) is 2.72. The van der Waals surface area contributed by atoms with E-state index in [2.05, 4.69) is 20.3 Å². The molecule has 30 heavy (non-hydrogen) atoms. The lowest BCUT2D eigenvalue weighted by atomic mass is 10.1. The number of fused-ring (bicyclic) bond motifs is 1. The molecular formula is C21H22N6O2S. The molecule has 0 aliphatic rings. The number of imidazole rings is 1. The molecule has 0 spiro atoms. The molecular weight excluding hydrogens is 400 g/mol. The molecule has 0 aliphatic heterocycles. The van der Waals surface area contributed by atoms with E-state index >= 15 is 0 Å². The summed E-state index contributed by atoms with van der Waals surface area (Å²) in [7, 11) is 1.93. The Kier molecular flexibility index (Phi) is 4.90. The van der Waals surface area contributed by atoms with Crippen molar-refractivity contribution in [3.8, 4) is 27.6 Å². The van der Waals surface area contributed by atoms with Gasteiger partial charge in [-0.05, 0) is 39.0 Å². The van der Waals surface area contributed by atoms with Crippen molar-refractivity contribution in [2.24, 2.45) is 7.05 Å². The first kappa shape index (κ1) is 19.8. The Morgan fingerprint density at radius 1 is 1.20 bits per heavy atom. The predicted molar refractivity (Wildman–Crippen MR) is 118 cm³/mol. The lowest BCUT2D eigenvalue weighted by Crippen LogP contribution is -2.42. The minimum absolute atomic E-state index is 0.380. The topological polar surface area (TPSA) is 108 Å². The normalized spacial score (nSPS) is 11.6. The molecule has 3 aromatic heterocycles. The zero-order valence-corrected chi connectivity index (χ0v) is 17.9. The Labute approximate surface area is 177 Å². The average Bonchev–Trinajstić information content (AvgIpc) is 3.24. The summed E-state index contributed by atoms with van der Waals surface area (Å²) in [6, 6.07) is 9.29. The molecule has 0 aliphatic carbocycles. The van der Waals surface area contributed by atoms with Crippen LogP contribution in [0.1, 0.15) is 20.8 Å². The summed E-state index contributed by atoms with van der Waals surface area (Å²) in [6.45, 7) is 5.69. The van der Waals surface area contributed by atoms with Crippen molar-refractivity contribution in [3.05, 3.63) is 43.0 Å². The quantitative estimate of drug-likeness (QED) is 0.512. The van der Waals surface area contributed by atoms with E-state index in [1.807, 2.05) is 50.6 Å². The first-order valence-electron chi connectivity index (χ1n) is 9.33. The van der Waals surface area contributed by atoms with Crippen molar-refractivity contribution in [1.29, 1.82) is 0 Å². The third-order valence-corrected chi connectivity index (χ3v) is 5.38. The second-order valence-corrected chi connectivity index (χ2v) is 8.96. The van der Waals surface area contributed by atoms with E-state index in [4.69, 9.17) is 10.5 Å². The number of carbonyl (C=O) groups excluding carboxylic acids is 1. The number of ether oxygens (including phenoxy) is 1. The maximum Gasteiger partial charge on any atom is 0.413 e. The molecule has 4 rings (SSSR count). The Morgan fingerprint density at radius 3 is 2.73 bits per heavy atom. The number of carbonyl (C=O) groups is 1. The van der Waals surface area contributed by atoms with Gasteiger partial charge in [-0.2, -0.15) is 0 Å². The van der Waals surface area contributed by atoms with E-state index in [0.717, 1.165) is 32.0 Å². The van der Waals surface area contributed by atoms with Gasteiger partial charge in [-0.1, -0.05) is 12.1 Å². The van der Waals surface area contributed by atoms with E-state index in [9.17, 15) is 4.79 Å². The number of nitrogens with zero attached hydrogens (tertiary/aromatic N) is 4. The summed E-state index contributed by atoms with van der Waals surface area (Å²) in [5.74, 6) is 0.892. The SMILES string of the molecule is Cn1cnc(-c2cccc(OC(=O)NC(C)(C)C)c2)c1-c1cc2c(N)ncnc2s1. The van der Waals surface area contributed by atoms with Crippen LogP contribution in [0.25, 0.3) is 32.0 Å². The predicted octanol–water partition coefficient (Wildman–Crippen LogP) is 4.23. The maximum atomic E-state index is 12.1. The largest absolute Gasteiger partial charge is 0.413 e. The zero-order chi connectivity index (χ0) is 21.5. The molecule has 0 fully saturated rings. The van der Waals surface area contributed by atoms with Gasteiger partial charge in [0.05, 0.1) is 28.0 Å². The molecule has 8 nitrogen and oxygen atoms in total. The van der Waals surface area contributed by atoms with Gasteiger partial charge in [0.25, 0.3) is 0 Å². The first-order chi connectivity index (χ1) is 14.2. The number of thiophene rings is 1. The molecule has 3 N–H and O–H groups in total. The Bertz CT molecular complexity index is 1240. The third kappa shape index (κ3) is 3.97. The molecule has 9 heteroatoms. The monoisotopic (exact) mass is 422 g/mol. The number of nitrogen functional groups attached to an aromatic ring is 1. The standard InChI is InChI=1S/C21H22N6O2S/c1-21(2,3)26-20(28)29-13-7-5-6-12(8-13)16-17(27(4)11-25-16)15-9-14-18(22)23-10-24-19(14)30-15/h5-11H,1-4H3,(H,26,28)(H2,22,23,24). The fourth-order valence-corrected chi connectivity index (χ4v) is 4.16. The number of rotatable bonds is 3. The summed E-state index contributed by atoms with van der Waals surface area (Å²) in [5.41, 5.74) is 8.15. The van der Waals surface area contributed by atoms with Crippen molar-refractivity contribution in [2.75, 3.05) is 5.73 Å². The zero-order valence-electron chi connectivity index (χ0n) is 17.1. The first-order valence-corrected chi connectivity index (χ1v) is 10.1. The Balaban J connectivity index is 1.71. The third-order valence-electron chi connectivity index (χ3n) is 4.33. The van der Waals surface area contributed by atoms with Crippen LogP contribution in [0.15, 0.2) is 43.0 Å². The van der Waals surface area contributed by atoms with Crippen LogP contribution in [0.3, 0.4) is 0 Å². The average molecular weight is 423 g/mol. The van der Waals surface area contributed by atoms with Crippen LogP contribution in [-0.2, 0) is 7.05 Å². The van der Waals surface area contributed by atoms with Crippen molar-refractivity contribution in [2.45, 2.75) is 26.3 Å². The highest BCUT2D eigenvalue weighted by atomic mass is 32.1. The van der Waals surface area contributed by atoms with Gasteiger partial charge >= 0.3 is 6.09 Å². The van der Waals surface area contributed by atoms with E-state index < -0.39 is 6.09 Å². The highest BCUT2D eigenvalue weighted by Crippen LogP contribution is 2.39. The summed E-state index contributed by atoms with van der Waals surface area (Å²) in [5, 5.41) is 3.60. The number of hydrogen-bond donors (Lipinski definition) is 2. The van der Waals surface area contributed by atoms with Gasteiger partial charge in [-0.3, -0.25) is 0 Å². The molecule has 1 aromatic carbocycles. The number of aryl methyl sites for hydroxylation is 1. The second kappa shape index (κ2) is 7.42. The molecule has 4 aromatic rings. The summed E-state index contributed by atoms with van der Waals surface area (Å²) >= 11 is 1.53. The molecule has 0 saturated heterocycles. The van der Waals surface area contributed by atoms with Gasteiger partial charge in [-0.25, -0.2) is 19.7 Å². The van der Waals surface area contributed by atoms with Gasteiger partial charge < -0.3 is 20.4 Å². The van der Waals surface area contributed by atoms with E-state index in [-0.39, 0.29) is 5.54 Å². The fraction of sp³-hybridized carbons (Fsp3) is 0.238. The summed E-state index contributed by atoms with van der Waals surface area (Å²) in [4.78, 5) is 26.9. The number of hydrogen-bond acceptors (Lipinski definition) is 7. The van der Waals surface area contributed by atoms with Crippen LogP contribution >= 0.6 is 11.3 Å². The highest BCUT2D eigenvalue weighted by molar-refractivity contribution is 7.21. The lowest BCUT2D eigenvalue weighted by Gasteiger charge is -2.19. The van der Waals surface area contributed by atoms with Crippen molar-refractivity contribution in [3.63, 3.8) is 0 Å². The molecule has 0 unspecified atom stereocenters.